The van der Waals surface area contributed by atoms with Crippen LogP contribution in [0.3, 0.4) is 0 Å². The van der Waals surface area contributed by atoms with Gasteiger partial charge in [-0.3, -0.25) is 9.78 Å². The van der Waals surface area contributed by atoms with Crippen molar-refractivity contribution >= 4 is 17.1 Å². The highest BCUT2D eigenvalue weighted by atomic mass is 16.1. The van der Waals surface area contributed by atoms with Gasteiger partial charge in [0.15, 0.2) is 11.2 Å². The Morgan fingerprint density at radius 1 is 1.22 bits per heavy atom. The molecule has 0 spiro atoms. The minimum Gasteiger partial charge on any atom is -0.369 e. The molecule has 94 valence electrons. The molecular formula is C12H15N5O. The first-order chi connectivity index (χ1) is 8.74. The molecule has 0 aliphatic heterocycles. The minimum atomic E-state index is -0.317. The van der Waals surface area contributed by atoms with E-state index in [0.29, 0.717) is 11.6 Å². The van der Waals surface area contributed by atoms with Crippen LogP contribution in [0.1, 0.15) is 43.7 Å². The van der Waals surface area contributed by atoms with E-state index in [1.807, 2.05) is 0 Å². The zero-order valence-electron chi connectivity index (χ0n) is 10.0. The lowest BCUT2D eigenvalue weighted by molar-refractivity contribution is 0.436. The number of nitrogens with two attached hydrogens (primary N) is 1. The van der Waals surface area contributed by atoms with E-state index in [2.05, 4.69) is 19.9 Å². The number of fused-ring (bicyclic) bond motifs is 1. The van der Waals surface area contributed by atoms with Crippen LogP contribution in [0.2, 0.25) is 0 Å². The van der Waals surface area contributed by atoms with Crippen LogP contribution in [0.25, 0.3) is 11.2 Å². The molecule has 0 amide bonds. The first kappa shape index (κ1) is 11.1. The summed E-state index contributed by atoms with van der Waals surface area (Å²) < 4.78 is 0. The van der Waals surface area contributed by atoms with E-state index in [4.69, 9.17) is 5.73 Å². The first-order valence-corrected chi connectivity index (χ1v) is 6.26. The average Bonchev–Trinajstić information content (AvgIpc) is 2.39. The summed E-state index contributed by atoms with van der Waals surface area (Å²) >= 11 is 0. The largest absolute Gasteiger partial charge is 0.369 e. The van der Waals surface area contributed by atoms with Gasteiger partial charge in [-0.2, -0.15) is 4.98 Å². The summed E-state index contributed by atoms with van der Waals surface area (Å²) in [6.45, 7) is 0. The summed E-state index contributed by atoms with van der Waals surface area (Å²) in [6, 6.07) is 0. The molecule has 0 radical (unpaired) electrons. The van der Waals surface area contributed by atoms with Gasteiger partial charge < -0.3 is 5.73 Å². The van der Waals surface area contributed by atoms with Crippen molar-refractivity contribution in [2.75, 3.05) is 5.73 Å². The quantitative estimate of drug-likeness (QED) is 0.790. The Balaban J connectivity index is 2.07. The van der Waals surface area contributed by atoms with Crippen LogP contribution in [0.15, 0.2) is 11.0 Å². The van der Waals surface area contributed by atoms with E-state index in [1.165, 1.54) is 19.3 Å². The Hall–Kier alpha value is -1.98. The Kier molecular flexibility index (Phi) is 2.70. The molecule has 2 heterocycles. The van der Waals surface area contributed by atoms with Gasteiger partial charge in [-0.1, -0.05) is 19.3 Å². The maximum Gasteiger partial charge on any atom is 0.280 e. The predicted octanol–water partition coefficient (Wildman–Crippen LogP) is 1.34. The average molecular weight is 245 g/mol. The fraction of sp³-hybridized carbons (Fsp3) is 0.500. The summed E-state index contributed by atoms with van der Waals surface area (Å²) in [6.07, 6.45) is 7.71. The van der Waals surface area contributed by atoms with Crippen LogP contribution in [-0.2, 0) is 0 Å². The van der Waals surface area contributed by atoms with Crippen molar-refractivity contribution < 1.29 is 0 Å². The Labute approximate surface area is 104 Å². The molecule has 18 heavy (non-hydrogen) atoms. The summed E-state index contributed by atoms with van der Waals surface area (Å²) in [7, 11) is 0. The number of hydrogen-bond acceptors (Lipinski definition) is 5. The fourth-order valence-electron chi connectivity index (χ4n) is 2.54. The fourth-order valence-corrected chi connectivity index (χ4v) is 2.54. The van der Waals surface area contributed by atoms with E-state index < -0.39 is 0 Å². The maximum absolute atomic E-state index is 11.8. The van der Waals surface area contributed by atoms with Gasteiger partial charge in [0.25, 0.3) is 5.56 Å². The highest BCUT2D eigenvalue weighted by Crippen LogP contribution is 2.31. The van der Waals surface area contributed by atoms with Crippen molar-refractivity contribution in [3.63, 3.8) is 0 Å². The van der Waals surface area contributed by atoms with Gasteiger partial charge in [-0.15, -0.1) is 0 Å². The lowest BCUT2D eigenvalue weighted by Crippen LogP contribution is -2.15. The number of aromatic amines is 1. The van der Waals surface area contributed by atoms with Crippen molar-refractivity contribution in [3.05, 3.63) is 22.2 Å². The molecule has 0 atom stereocenters. The number of H-pyrrole nitrogens is 1. The summed E-state index contributed by atoms with van der Waals surface area (Å²) in [5.41, 5.74) is 6.66. The lowest BCUT2D eigenvalue weighted by Gasteiger charge is -2.20. The van der Waals surface area contributed by atoms with Crippen LogP contribution in [0.5, 0.6) is 0 Å². The molecule has 1 fully saturated rings. The molecule has 1 aliphatic carbocycles. The SMILES string of the molecule is Nc1nc2ncc(C3CCCCC3)nc2c(=O)[nH]1. The number of hydrogen-bond donors (Lipinski definition) is 2. The molecule has 6 heteroatoms. The number of anilines is 1. The molecular weight excluding hydrogens is 230 g/mol. The first-order valence-electron chi connectivity index (χ1n) is 6.26. The molecule has 3 rings (SSSR count). The van der Waals surface area contributed by atoms with E-state index in [-0.39, 0.29) is 17.0 Å². The van der Waals surface area contributed by atoms with E-state index in [0.717, 1.165) is 18.5 Å². The molecule has 3 N–H and O–H groups in total. The van der Waals surface area contributed by atoms with Gasteiger partial charge in [0, 0.05) is 5.92 Å². The van der Waals surface area contributed by atoms with Crippen LogP contribution in [-0.4, -0.2) is 19.9 Å². The van der Waals surface area contributed by atoms with Gasteiger partial charge in [-0.05, 0) is 12.8 Å². The molecule has 0 aromatic carbocycles. The van der Waals surface area contributed by atoms with Crippen LogP contribution in [0, 0.1) is 0 Å². The molecule has 2 aromatic heterocycles. The highest BCUT2D eigenvalue weighted by molar-refractivity contribution is 5.69. The third-order valence-corrected chi connectivity index (χ3v) is 3.48. The van der Waals surface area contributed by atoms with Gasteiger partial charge in [0.05, 0.1) is 11.9 Å². The van der Waals surface area contributed by atoms with Crippen LogP contribution in [0.4, 0.5) is 5.95 Å². The monoisotopic (exact) mass is 245 g/mol. The zero-order valence-corrected chi connectivity index (χ0v) is 10.0. The number of nitrogens with one attached hydrogen (secondary N) is 1. The van der Waals surface area contributed by atoms with Crippen LogP contribution >= 0.6 is 0 Å². The third kappa shape index (κ3) is 1.94. The summed E-state index contributed by atoms with van der Waals surface area (Å²) in [5.74, 6) is 0.500. The molecule has 1 aliphatic rings. The number of nitrogens with zero attached hydrogens (tertiary/aromatic N) is 3. The highest BCUT2D eigenvalue weighted by Gasteiger charge is 2.18. The second kappa shape index (κ2) is 4.36. The van der Waals surface area contributed by atoms with Crippen molar-refractivity contribution in [2.45, 2.75) is 38.0 Å². The standard InChI is InChI=1S/C12H15N5O/c13-12-16-10-9(11(18)17-12)15-8(6-14-10)7-4-2-1-3-5-7/h6-7H,1-5H2,(H3,13,14,16,17,18). The van der Waals surface area contributed by atoms with Gasteiger partial charge in [0.2, 0.25) is 5.95 Å². The summed E-state index contributed by atoms with van der Waals surface area (Å²) in [4.78, 5) is 26.8. The molecule has 0 saturated heterocycles. The molecule has 0 bridgehead atoms. The smallest absolute Gasteiger partial charge is 0.280 e. The summed E-state index contributed by atoms with van der Waals surface area (Å²) in [5, 5.41) is 0. The van der Waals surface area contributed by atoms with Gasteiger partial charge >= 0.3 is 0 Å². The normalized spacial score (nSPS) is 17.1. The van der Waals surface area contributed by atoms with E-state index in [9.17, 15) is 4.79 Å². The number of rotatable bonds is 1. The second-order valence-corrected chi connectivity index (χ2v) is 4.75. The Bertz CT molecular complexity index is 630. The van der Waals surface area contributed by atoms with E-state index in [1.54, 1.807) is 6.20 Å². The third-order valence-electron chi connectivity index (χ3n) is 3.48. The molecule has 1 saturated carbocycles. The van der Waals surface area contributed by atoms with Crippen molar-refractivity contribution in [1.82, 2.24) is 19.9 Å². The van der Waals surface area contributed by atoms with Crippen molar-refractivity contribution in [3.8, 4) is 0 Å². The number of nitrogen functional groups attached to an aromatic ring is 1. The second-order valence-electron chi connectivity index (χ2n) is 4.75. The predicted molar refractivity (Wildman–Crippen MR) is 68.2 cm³/mol. The van der Waals surface area contributed by atoms with Crippen LogP contribution < -0.4 is 11.3 Å². The zero-order chi connectivity index (χ0) is 12.5. The topological polar surface area (TPSA) is 97.5 Å². The molecule has 0 unspecified atom stereocenters. The van der Waals surface area contributed by atoms with Gasteiger partial charge in [-0.25, -0.2) is 9.97 Å². The molecule has 6 nitrogen and oxygen atoms in total. The minimum absolute atomic E-state index is 0.0761. The number of aromatic nitrogens is 4. The Morgan fingerprint density at radius 3 is 2.78 bits per heavy atom. The maximum atomic E-state index is 11.8. The molecule has 2 aromatic rings. The lowest BCUT2D eigenvalue weighted by atomic mass is 9.87. The Morgan fingerprint density at radius 2 is 2.00 bits per heavy atom. The van der Waals surface area contributed by atoms with E-state index >= 15 is 0 Å². The van der Waals surface area contributed by atoms with Crippen molar-refractivity contribution in [1.29, 1.82) is 0 Å². The van der Waals surface area contributed by atoms with Crippen molar-refractivity contribution in [2.24, 2.45) is 0 Å². The van der Waals surface area contributed by atoms with Gasteiger partial charge in [0.1, 0.15) is 0 Å².